The Kier molecular flexibility index (Phi) is 3.19. The summed E-state index contributed by atoms with van der Waals surface area (Å²) in [6.45, 7) is 3.72. The van der Waals surface area contributed by atoms with Crippen LogP contribution in [0.5, 0.6) is 0 Å². The molecule has 0 aliphatic heterocycles. The van der Waals surface area contributed by atoms with E-state index in [4.69, 9.17) is 4.74 Å². The monoisotopic (exact) mass is 253 g/mol. The van der Waals surface area contributed by atoms with E-state index in [1.807, 2.05) is 0 Å². The molecule has 90 valence electrons. The summed E-state index contributed by atoms with van der Waals surface area (Å²) in [6.07, 6.45) is 1.87. The first-order chi connectivity index (χ1) is 8.10. The molecular weight excluding hydrogens is 242 g/mol. The Morgan fingerprint density at radius 1 is 1.59 bits per heavy atom. The first kappa shape index (κ1) is 11.7. The van der Waals surface area contributed by atoms with Crippen LogP contribution < -0.4 is 5.56 Å². The van der Waals surface area contributed by atoms with Crippen LogP contribution in [0.2, 0.25) is 0 Å². The Bertz CT molecular complexity index is 617. The molecule has 0 aliphatic carbocycles. The molecule has 7 heteroatoms. The highest BCUT2D eigenvalue weighted by atomic mass is 32.1. The van der Waals surface area contributed by atoms with Crippen molar-refractivity contribution in [1.29, 1.82) is 0 Å². The normalized spacial score (nSPS) is 10.7. The third-order valence-electron chi connectivity index (χ3n) is 2.07. The number of carbonyl (C=O) groups excluding carboxylic acids is 1. The van der Waals surface area contributed by atoms with Gasteiger partial charge in [0.2, 0.25) is 4.96 Å². The van der Waals surface area contributed by atoms with Gasteiger partial charge in [-0.05, 0) is 13.8 Å². The van der Waals surface area contributed by atoms with Gasteiger partial charge >= 0.3 is 5.97 Å². The van der Waals surface area contributed by atoms with E-state index in [0.29, 0.717) is 17.3 Å². The van der Waals surface area contributed by atoms with E-state index in [0.717, 1.165) is 4.88 Å². The summed E-state index contributed by atoms with van der Waals surface area (Å²) < 4.78 is 6.36. The molecule has 0 N–H and O–H groups in total. The Labute approximate surface area is 101 Å². The Morgan fingerprint density at radius 3 is 3.06 bits per heavy atom. The number of carbonyl (C=O) groups is 1. The molecule has 0 saturated heterocycles. The van der Waals surface area contributed by atoms with Crippen molar-refractivity contribution in [2.75, 3.05) is 6.61 Å². The zero-order chi connectivity index (χ0) is 12.4. The van der Waals surface area contributed by atoms with Crippen LogP contribution in [0.15, 0.2) is 11.0 Å². The molecule has 2 rings (SSSR count). The Balaban J connectivity index is 2.32. The van der Waals surface area contributed by atoms with Gasteiger partial charge in [-0.2, -0.15) is 10.1 Å². The molecule has 0 atom stereocenters. The number of nitrogens with zero attached hydrogens (tertiary/aromatic N) is 3. The average molecular weight is 253 g/mol. The summed E-state index contributed by atoms with van der Waals surface area (Å²) in [7, 11) is 0. The molecule has 0 spiro atoms. The predicted molar refractivity (Wildman–Crippen MR) is 62.2 cm³/mol. The molecule has 0 unspecified atom stereocenters. The van der Waals surface area contributed by atoms with Gasteiger partial charge in [-0.15, -0.1) is 0 Å². The van der Waals surface area contributed by atoms with Crippen molar-refractivity contribution in [1.82, 2.24) is 14.6 Å². The number of ether oxygens (including phenoxy) is 1. The lowest BCUT2D eigenvalue weighted by Crippen LogP contribution is -2.14. The van der Waals surface area contributed by atoms with Crippen molar-refractivity contribution < 1.29 is 9.53 Å². The molecule has 2 aromatic heterocycles. The first-order valence-corrected chi connectivity index (χ1v) is 5.93. The van der Waals surface area contributed by atoms with E-state index >= 15 is 0 Å². The first-order valence-electron chi connectivity index (χ1n) is 5.11. The largest absolute Gasteiger partial charge is 0.466 e. The van der Waals surface area contributed by atoms with Crippen LogP contribution in [0.25, 0.3) is 4.96 Å². The summed E-state index contributed by atoms with van der Waals surface area (Å²) in [4.78, 5) is 27.7. The van der Waals surface area contributed by atoms with E-state index in [-0.39, 0.29) is 17.9 Å². The molecule has 0 aromatic carbocycles. The molecule has 2 heterocycles. The fourth-order valence-electron chi connectivity index (χ4n) is 1.34. The summed E-state index contributed by atoms with van der Waals surface area (Å²) in [6, 6.07) is 0. The SMILES string of the molecule is CCOC(=O)Cc1cn2nc(C)c(=O)nc2s1. The van der Waals surface area contributed by atoms with E-state index in [9.17, 15) is 9.59 Å². The lowest BCUT2D eigenvalue weighted by molar-refractivity contribution is -0.142. The van der Waals surface area contributed by atoms with Crippen LogP contribution in [0.1, 0.15) is 17.5 Å². The van der Waals surface area contributed by atoms with Crippen molar-refractivity contribution in [3.05, 3.63) is 27.1 Å². The fourth-order valence-corrected chi connectivity index (χ4v) is 2.23. The van der Waals surface area contributed by atoms with E-state index in [1.54, 1.807) is 20.0 Å². The molecule has 0 fully saturated rings. The number of esters is 1. The molecular formula is C10H11N3O3S. The number of aromatic nitrogens is 3. The highest BCUT2D eigenvalue weighted by Crippen LogP contribution is 2.14. The molecule has 17 heavy (non-hydrogen) atoms. The minimum atomic E-state index is -0.338. The number of hydrogen-bond acceptors (Lipinski definition) is 6. The molecule has 2 aromatic rings. The van der Waals surface area contributed by atoms with Gasteiger partial charge in [0.25, 0.3) is 5.56 Å². The van der Waals surface area contributed by atoms with Gasteiger partial charge in [-0.3, -0.25) is 9.59 Å². The van der Waals surface area contributed by atoms with Crippen molar-refractivity contribution >= 4 is 22.3 Å². The minimum absolute atomic E-state index is 0.177. The van der Waals surface area contributed by atoms with Gasteiger partial charge in [0.05, 0.1) is 13.0 Å². The van der Waals surface area contributed by atoms with Crippen LogP contribution in [-0.4, -0.2) is 27.2 Å². The molecule has 0 saturated carbocycles. The number of fused-ring (bicyclic) bond motifs is 1. The third kappa shape index (κ3) is 2.50. The van der Waals surface area contributed by atoms with Gasteiger partial charge in [-0.1, -0.05) is 11.3 Å². The van der Waals surface area contributed by atoms with Gasteiger partial charge in [0, 0.05) is 11.1 Å². The second-order valence-corrected chi connectivity index (χ2v) is 4.50. The third-order valence-corrected chi connectivity index (χ3v) is 3.05. The highest BCUT2D eigenvalue weighted by molar-refractivity contribution is 7.17. The highest BCUT2D eigenvalue weighted by Gasteiger charge is 2.10. The number of rotatable bonds is 3. The summed E-state index contributed by atoms with van der Waals surface area (Å²) in [5.74, 6) is -0.293. The van der Waals surface area contributed by atoms with Crippen LogP contribution >= 0.6 is 11.3 Å². The second kappa shape index (κ2) is 4.62. The van der Waals surface area contributed by atoms with Crippen molar-refractivity contribution in [3.63, 3.8) is 0 Å². The van der Waals surface area contributed by atoms with Gasteiger partial charge < -0.3 is 4.74 Å². The van der Waals surface area contributed by atoms with Crippen molar-refractivity contribution in [3.8, 4) is 0 Å². The maximum Gasteiger partial charge on any atom is 0.311 e. The average Bonchev–Trinajstić information content (AvgIpc) is 2.60. The summed E-state index contributed by atoms with van der Waals surface area (Å²) in [5.41, 5.74) is -0.00230. The van der Waals surface area contributed by atoms with Crippen LogP contribution in [0.3, 0.4) is 0 Å². The van der Waals surface area contributed by atoms with Gasteiger partial charge in [0.15, 0.2) is 0 Å². The maximum absolute atomic E-state index is 11.3. The zero-order valence-corrected chi connectivity index (χ0v) is 10.3. The Hall–Kier alpha value is -1.76. The van der Waals surface area contributed by atoms with Gasteiger partial charge in [-0.25, -0.2) is 4.52 Å². The molecule has 0 aliphatic rings. The van der Waals surface area contributed by atoms with E-state index < -0.39 is 0 Å². The number of aryl methyl sites for hydroxylation is 1. The number of hydrogen-bond donors (Lipinski definition) is 0. The van der Waals surface area contributed by atoms with E-state index in [2.05, 4.69) is 10.1 Å². The van der Waals surface area contributed by atoms with Crippen LogP contribution in [-0.2, 0) is 16.0 Å². The molecule has 0 radical (unpaired) electrons. The number of thiazole rings is 1. The zero-order valence-electron chi connectivity index (χ0n) is 9.47. The Morgan fingerprint density at radius 2 is 2.35 bits per heavy atom. The fraction of sp³-hybridized carbons (Fsp3) is 0.400. The molecule has 0 bridgehead atoms. The molecule has 6 nitrogen and oxygen atoms in total. The van der Waals surface area contributed by atoms with Crippen molar-refractivity contribution in [2.24, 2.45) is 0 Å². The lowest BCUT2D eigenvalue weighted by atomic mass is 10.4. The predicted octanol–water partition coefficient (Wildman–Crippen LogP) is 0.565. The topological polar surface area (TPSA) is 73.6 Å². The standard InChI is InChI=1S/C10H11N3O3S/c1-3-16-8(14)4-7-5-13-10(17-7)11-9(15)6(2)12-13/h5H,3-4H2,1-2H3. The van der Waals surface area contributed by atoms with Crippen LogP contribution in [0, 0.1) is 6.92 Å². The van der Waals surface area contributed by atoms with Crippen molar-refractivity contribution in [2.45, 2.75) is 20.3 Å². The lowest BCUT2D eigenvalue weighted by Gasteiger charge is -1.97. The smallest absolute Gasteiger partial charge is 0.311 e. The summed E-state index contributed by atoms with van der Waals surface area (Å²) in [5, 5.41) is 4.05. The minimum Gasteiger partial charge on any atom is -0.466 e. The van der Waals surface area contributed by atoms with Crippen LogP contribution in [0.4, 0.5) is 0 Å². The summed E-state index contributed by atoms with van der Waals surface area (Å²) >= 11 is 1.26. The second-order valence-electron chi connectivity index (χ2n) is 3.41. The quantitative estimate of drug-likeness (QED) is 0.747. The maximum atomic E-state index is 11.3. The molecule has 0 amide bonds. The van der Waals surface area contributed by atoms with E-state index in [1.165, 1.54) is 15.9 Å². The van der Waals surface area contributed by atoms with Gasteiger partial charge in [0.1, 0.15) is 5.69 Å².